The topological polar surface area (TPSA) is 29.3 Å². The van der Waals surface area contributed by atoms with Crippen molar-refractivity contribution in [2.45, 2.75) is 51.6 Å². The van der Waals surface area contributed by atoms with E-state index in [0.717, 1.165) is 23.9 Å². The lowest BCUT2D eigenvalue weighted by Gasteiger charge is -2.43. The molecule has 0 aliphatic carbocycles. The van der Waals surface area contributed by atoms with Crippen LogP contribution in [0.4, 0.5) is 0 Å². The van der Waals surface area contributed by atoms with E-state index < -0.39 is 0 Å². The van der Waals surface area contributed by atoms with Crippen LogP contribution < -0.4 is 5.73 Å². The van der Waals surface area contributed by atoms with E-state index in [9.17, 15) is 0 Å². The second-order valence-corrected chi connectivity index (χ2v) is 6.34. The summed E-state index contributed by atoms with van der Waals surface area (Å²) < 4.78 is 0. The normalized spacial score (nSPS) is 25.6. The summed E-state index contributed by atoms with van der Waals surface area (Å²) in [6.07, 6.45) is 4.95. The lowest BCUT2D eigenvalue weighted by molar-refractivity contribution is 0.0677. The summed E-state index contributed by atoms with van der Waals surface area (Å²) >= 11 is 6.01. The second-order valence-electron chi connectivity index (χ2n) is 5.90. The number of rotatable bonds is 5. The van der Waals surface area contributed by atoms with Gasteiger partial charge < -0.3 is 5.73 Å². The maximum absolute atomic E-state index is 6.04. The molecular formula is C17H27ClN2. The highest BCUT2D eigenvalue weighted by atomic mass is 35.5. The van der Waals surface area contributed by atoms with Crippen LogP contribution in [-0.4, -0.2) is 24.0 Å². The Bertz CT molecular complexity index is 404. The molecule has 0 aromatic heterocycles. The van der Waals surface area contributed by atoms with Crippen LogP contribution in [-0.2, 0) is 0 Å². The van der Waals surface area contributed by atoms with E-state index in [1.165, 1.54) is 31.4 Å². The van der Waals surface area contributed by atoms with Gasteiger partial charge in [-0.3, -0.25) is 4.90 Å². The van der Waals surface area contributed by atoms with E-state index in [1.54, 1.807) is 0 Å². The Kier molecular flexibility index (Phi) is 5.88. The third-order valence-corrected chi connectivity index (χ3v) is 5.01. The fourth-order valence-electron chi connectivity index (χ4n) is 3.51. The van der Waals surface area contributed by atoms with Crippen molar-refractivity contribution in [3.8, 4) is 0 Å². The predicted octanol–water partition coefficient (Wildman–Crippen LogP) is 4.24. The van der Waals surface area contributed by atoms with Crippen molar-refractivity contribution in [3.63, 3.8) is 0 Å². The first-order valence-electron chi connectivity index (χ1n) is 7.90. The molecule has 0 spiro atoms. The third kappa shape index (κ3) is 3.55. The number of hydrogen-bond donors (Lipinski definition) is 1. The number of likely N-dealkylation sites (tertiary alicyclic amines) is 1. The maximum atomic E-state index is 6.04. The first-order chi connectivity index (χ1) is 9.69. The van der Waals surface area contributed by atoms with Gasteiger partial charge in [-0.1, -0.05) is 44.0 Å². The molecule has 0 bridgehead atoms. The molecule has 0 amide bonds. The van der Waals surface area contributed by atoms with Gasteiger partial charge in [0.25, 0.3) is 0 Å². The standard InChI is InChI=1S/C17H27ClN2/c1-3-13-9-10-20(16(11-13)12-19)17(4-2)14-5-7-15(18)8-6-14/h5-8,13,16-17H,3-4,9-12,19H2,1-2H3. The van der Waals surface area contributed by atoms with Gasteiger partial charge in [-0.15, -0.1) is 0 Å². The molecule has 20 heavy (non-hydrogen) atoms. The summed E-state index contributed by atoms with van der Waals surface area (Å²) in [5.74, 6) is 0.850. The zero-order chi connectivity index (χ0) is 14.5. The number of halogens is 1. The molecule has 2 nitrogen and oxygen atoms in total. The Balaban J connectivity index is 2.15. The van der Waals surface area contributed by atoms with Crippen LogP contribution in [0, 0.1) is 5.92 Å². The van der Waals surface area contributed by atoms with Crippen LogP contribution in [0.5, 0.6) is 0 Å². The Morgan fingerprint density at radius 2 is 2.00 bits per heavy atom. The molecule has 1 aliphatic rings. The summed E-state index contributed by atoms with van der Waals surface area (Å²) in [5, 5.41) is 0.809. The van der Waals surface area contributed by atoms with Crippen molar-refractivity contribution >= 4 is 11.6 Å². The van der Waals surface area contributed by atoms with E-state index >= 15 is 0 Å². The average molecular weight is 295 g/mol. The third-order valence-electron chi connectivity index (χ3n) is 4.76. The van der Waals surface area contributed by atoms with Crippen LogP contribution in [0.15, 0.2) is 24.3 Å². The number of nitrogens with zero attached hydrogens (tertiary/aromatic N) is 1. The van der Waals surface area contributed by atoms with Crippen LogP contribution in [0.1, 0.15) is 51.1 Å². The fourth-order valence-corrected chi connectivity index (χ4v) is 3.64. The second kappa shape index (κ2) is 7.44. The summed E-state index contributed by atoms with van der Waals surface area (Å²) in [7, 11) is 0. The monoisotopic (exact) mass is 294 g/mol. The molecule has 3 heteroatoms. The van der Waals surface area contributed by atoms with Gasteiger partial charge in [-0.05, 0) is 49.4 Å². The highest BCUT2D eigenvalue weighted by molar-refractivity contribution is 6.30. The lowest BCUT2D eigenvalue weighted by atomic mass is 9.86. The zero-order valence-electron chi connectivity index (χ0n) is 12.7. The minimum atomic E-state index is 0.471. The van der Waals surface area contributed by atoms with Gasteiger partial charge in [0.15, 0.2) is 0 Å². The van der Waals surface area contributed by atoms with E-state index in [1.807, 2.05) is 12.1 Å². The minimum absolute atomic E-state index is 0.471. The average Bonchev–Trinajstić information content (AvgIpc) is 2.50. The number of nitrogens with two attached hydrogens (primary N) is 1. The maximum Gasteiger partial charge on any atom is 0.0406 e. The van der Waals surface area contributed by atoms with E-state index in [0.29, 0.717) is 12.1 Å². The number of benzene rings is 1. The Hall–Kier alpha value is -0.570. The molecule has 1 aromatic rings. The number of hydrogen-bond acceptors (Lipinski definition) is 2. The van der Waals surface area contributed by atoms with Gasteiger partial charge in [0.05, 0.1) is 0 Å². The highest BCUT2D eigenvalue weighted by Gasteiger charge is 2.31. The molecular weight excluding hydrogens is 268 g/mol. The molecule has 1 saturated heterocycles. The zero-order valence-corrected chi connectivity index (χ0v) is 13.4. The highest BCUT2D eigenvalue weighted by Crippen LogP contribution is 2.34. The molecule has 2 rings (SSSR count). The molecule has 0 saturated carbocycles. The summed E-state index contributed by atoms with van der Waals surface area (Å²) in [6, 6.07) is 9.31. The SMILES string of the molecule is CCC1CCN(C(CC)c2ccc(Cl)cc2)C(CN)C1. The van der Waals surface area contributed by atoms with Crippen LogP contribution >= 0.6 is 11.6 Å². The molecule has 3 unspecified atom stereocenters. The van der Waals surface area contributed by atoms with E-state index in [-0.39, 0.29) is 0 Å². The van der Waals surface area contributed by atoms with Gasteiger partial charge >= 0.3 is 0 Å². The quantitative estimate of drug-likeness (QED) is 0.880. The van der Waals surface area contributed by atoms with Gasteiger partial charge in [-0.25, -0.2) is 0 Å². The van der Waals surface area contributed by atoms with E-state index in [4.69, 9.17) is 17.3 Å². The smallest absolute Gasteiger partial charge is 0.0406 e. The van der Waals surface area contributed by atoms with Crippen molar-refractivity contribution in [1.29, 1.82) is 0 Å². The summed E-state index contributed by atoms with van der Waals surface area (Å²) in [4.78, 5) is 2.62. The van der Waals surface area contributed by atoms with Crippen molar-refractivity contribution < 1.29 is 0 Å². The van der Waals surface area contributed by atoms with Crippen molar-refractivity contribution in [2.75, 3.05) is 13.1 Å². The Morgan fingerprint density at radius 3 is 2.55 bits per heavy atom. The Labute approximate surface area is 128 Å². The minimum Gasteiger partial charge on any atom is -0.329 e. The summed E-state index contributed by atoms with van der Waals surface area (Å²) in [5.41, 5.74) is 7.41. The van der Waals surface area contributed by atoms with Crippen LogP contribution in [0.2, 0.25) is 5.02 Å². The van der Waals surface area contributed by atoms with Crippen LogP contribution in [0.25, 0.3) is 0 Å². The van der Waals surface area contributed by atoms with Crippen molar-refractivity contribution in [2.24, 2.45) is 11.7 Å². The lowest BCUT2D eigenvalue weighted by Crippen LogP contribution is -2.48. The molecule has 2 N–H and O–H groups in total. The predicted molar refractivity (Wildman–Crippen MR) is 87.0 cm³/mol. The number of piperidine rings is 1. The first-order valence-corrected chi connectivity index (χ1v) is 8.28. The van der Waals surface area contributed by atoms with Gasteiger partial charge in [-0.2, -0.15) is 0 Å². The summed E-state index contributed by atoms with van der Waals surface area (Å²) in [6.45, 7) is 6.49. The molecule has 112 valence electrons. The van der Waals surface area contributed by atoms with Crippen molar-refractivity contribution in [1.82, 2.24) is 4.90 Å². The Morgan fingerprint density at radius 1 is 1.30 bits per heavy atom. The molecule has 1 heterocycles. The van der Waals surface area contributed by atoms with Gasteiger partial charge in [0.1, 0.15) is 0 Å². The largest absolute Gasteiger partial charge is 0.329 e. The van der Waals surface area contributed by atoms with E-state index in [2.05, 4.69) is 30.9 Å². The molecule has 1 aliphatic heterocycles. The van der Waals surface area contributed by atoms with Crippen molar-refractivity contribution in [3.05, 3.63) is 34.9 Å². The molecule has 1 aromatic carbocycles. The molecule has 1 fully saturated rings. The van der Waals surface area contributed by atoms with Gasteiger partial charge in [0.2, 0.25) is 0 Å². The van der Waals surface area contributed by atoms with Gasteiger partial charge in [0, 0.05) is 23.7 Å². The molecule has 0 radical (unpaired) electrons. The van der Waals surface area contributed by atoms with Crippen LogP contribution in [0.3, 0.4) is 0 Å². The molecule has 3 atom stereocenters. The fraction of sp³-hybridized carbons (Fsp3) is 0.647. The first kappa shape index (κ1) is 15.8.